The van der Waals surface area contributed by atoms with Gasteiger partial charge in [0.15, 0.2) is 0 Å². The molecule has 0 aliphatic carbocycles. The molecule has 2 heterocycles. The van der Waals surface area contributed by atoms with Gasteiger partial charge in [0, 0.05) is 22.6 Å². The molecule has 0 saturated heterocycles. The van der Waals surface area contributed by atoms with E-state index < -0.39 is 23.1 Å². The Morgan fingerprint density at radius 3 is 1.33 bits per heavy atom. The van der Waals surface area contributed by atoms with E-state index in [4.69, 9.17) is 9.47 Å². The molecule has 0 unspecified atom stereocenters. The van der Waals surface area contributed by atoms with Crippen molar-refractivity contribution in [3.8, 4) is 0 Å². The summed E-state index contributed by atoms with van der Waals surface area (Å²) in [5, 5.41) is 6.52. The highest BCUT2D eigenvalue weighted by Gasteiger charge is 2.24. The van der Waals surface area contributed by atoms with Crippen molar-refractivity contribution in [2.75, 3.05) is 10.6 Å². The van der Waals surface area contributed by atoms with E-state index in [-0.39, 0.29) is 24.7 Å². The van der Waals surface area contributed by atoms with Crippen molar-refractivity contribution in [1.29, 1.82) is 0 Å². The number of carbonyl (C=O) groups is 4. The van der Waals surface area contributed by atoms with Crippen molar-refractivity contribution >= 4 is 56.4 Å². The Balaban J connectivity index is 1.84. The summed E-state index contributed by atoms with van der Waals surface area (Å²) in [6.45, 7) is 14.4. The SMILES string of the molecule is Cc1cc(C(=O)OC(C)(C)C)c(NC(=O)CCCCC(=O)Nc2sc(C)cc2C(=O)OC(C)(C)C)s1. The average Bonchev–Trinajstić information content (AvgIpc) is 3.24. The van der Waals surface area contributed by atoms with Gasteiger partial charge in [-0.15, -0.1) is 22.7 Å². The minimum atomic E-state index is -0.635. The van der Waals surface area contributed by atoms with Gasteiger partial charge in [-0.1, -0.05) is 0 Å². The molecule has 2 amide bonds. The summed E-state index contributed by atoms with van der Waals surface area (Å²) < 4.78 is 10.9. The lowest BCUT2D eigenvalue weighted by Gasteiger charge is -2.19. The van der Waals surface area contributed by atoms with Crippen molar-refractivity contribution in [3.63, 3.8) is 0 Å². The maximum atomic E-state index is 12.5. The van der Waals surface area contributed by atoms with Crippen LogP contribution < -0.4 is 10.6 Å². The fourth-order valence-electron chi connectivity index (χ4n) is 3.13. The molecule has 0 aromatic carbocycles. The highest BCUT2D eigenvalue weighted by molar-refractivity contribution is 7.17. The first-order valence-electron chi connectivity index (χ1n) is 11.8. The molecule has 8 nitrogen and oxygen atoms in total. The number of hydrogen-bond acceptors (Lipinski definition) is 8. The van der Waals surface area contributed by atoms with Gasteiger partial charge in [0.2, 0.25) is 11.8 Å². The number of nitrogens with one attached hydrogen (secondary N) is 2. The molecule has 0 fully saturated rings. The third-order valence-corrected chi connectivity index (χ3v) is 6.44. The van der Waals surface area contributed by atoms with E-state index in [1.165, 1.54) is 22.7 Å². The van der Waals surface area contributed by atoms with Crippen LogP contribution in [0.5, 0.6) is 0 Å². The predicted molar refractivity (Wildman–Crippen MR) is 144 cm³/mol. The van der Waals surface area contributed by atoms with Crippen LogP contribution in [0.2, 0.25) is 0 Å². The lowest BCUT2D eigenvalue weighted by molar-refractivity contribution is -0.118. The molecule has 0 radical (unpaired) electrons. The van der Waals surface area contributed by atoms with Gasteiger partial charge in [-0.05, 0) is 80.4 Å². The first-order chi connectivity index (χ1) is 16.5. The fraction of sp³-hybridized carbons (Fsp3) is 0.538. The molecule has 36 heavy (non-hydrogen) atoms. The van der Waals surface area contributed by atoms with Crippen LogP contribution in [0.3, 0.4) is 0 Å². The number of unbranched alkanes of at least 4 members (excludes halogenated alkanes) is 1. The summed E-state index contributed by atoms with van der Waals surface area (Å²) >= 11 is 2.64. The van der Waals surface area contributed by atoms with Crippen LogP contribution in [-0.4, -0.2) is 35.0 Å². The number of rotatable bonds is 9. The molecule has 0 bridgehead atoms. The van der Waals surface area contributed by atoms with Gasteiger partial charge in [0.25, 0.3) is 0 Å². The van der Waals surface area contributed by atoms with Crippen LogP contribution in [0, 0.1) is 13.8 Å². The van der Waals surface area contributed by atoms with E-state index in [2.05, 4.69) is 10.6 Å². The zero-order valence-electron chi connectivity index (χ0n) is 22.2. The fourth-order valence-corrected chi connectivity index (χ4v) is 4.96. The number of ether oxygens (including phenoxy) is 2. The Morgan fingerprint density at radius 1 is 0.694 bits per heavy atom. The normalized spacial score (nSPS) is 11.7. The topological polar surface area (TPSA) is 111 Å². The minimum Gasteiger partial charge on any atom is -0.456 e. The van der Waals surface area contributed by atoms with Gasteiger partial charge in [0.05, 0.1) is 11.1 Å². The number of thiophene rings is 2. The third kappa shape index (κ3) is 9.73. The maximum absolute atomic E-state index is 12.5. The predicted octanol–water partition coefficient (Wildman–Crippen LogP) is 6.47. The molecule has 198 valence electrons. The third-order valence-electron chi connectivity index (χ3n) is 4.51. The second-order valence-corrected chi connectivity index (χ2v) is 13.0. The van der Waals surface area contributed by atoms with Gasteiger partial charge in [-0.3, -0.25) is 9.59 Å². The van der Waals surface area contributed by atoms with Gasteiger partial charge in [-0.25, -0.2) is 9.59 Å². The summed E-state index contributed by atoms with van der Waals surface area (Å²) in [5.41, 5.74) is -0.589. The smallest absolute Gasteiger partial charge is 0.341 e. The first-order valence-corrected chi connectivity index (χ1v) is 13.4. The average molecular weight is 537 g/mol. The van der Waals surface area contributed by atoms with Crippen LogP contribution in [-0.2, 0) is 19.1 Å². The number of amides is 2. The number of esters is 2. The maximum Gasteiger partial charge on any atom is 0.341 e. The summed E-state index contributed by atoms with van der Waals surface area (Å²) in [4.78, 5) is 51.6. The Bertz CT molecular complexity index is 1030. The molecule has 0 atom stereocenters. The van der Waals surface area contributed by atoms with Crippen LogP contribution in [0.4, 0.5) is 10.0 Å². The van der Waals surface area contributed by atoms with Crippen molar-refractivity contribution < 1.29 is 28.7 Å². The molecule has 0 aliphatic rings. The number of carbonyl (C=O) groups excluding carboxylic acids is 4. The Labute approximate surface area is 220 Å². The van der Waals surface area contributed by atoms with Crippen molar-refractivity contribution in [2.45, 2.75) is 92.3 Å². The Morgan fingerprint density at radius 2 is 1.03 bits per heavy atom. The van der Waals surface area contributed by atoms with Crippen LogP contribution in [0.15, 0.2) is 12.1 Å². The van der Waals surface area contributed by atoms with E-state index in [1.54, 1.807) is 53.7 Å². The van der Waals surface area contributed by atoms with E-state index >= 15 is 0 Å². The number of hydrogen-bond donors (Lipinski definition) is 2. The zero-order valence-corrected chi connectivity index (χ0v) is 23.9. The molecule has 2 aromatic rings. The van der Waals surface area contributed by atoms with Gasteiger partial charge in [-0.2, -0.15) is 0 Å². The molecular formula is C26H36N2O6S2. The second kappa shape index (κ2) is 12.0. The Hall–Kier alpha value is -2.72. The first kappa shape index (κ1) is 29.5. The highest BCUT2D eigenvalue weighted by Crippen LogP contribution is 2.31. The van der Waals surface area contributed by atoms with Crippen LogP contribution in [0.25, 0.3) is 0 Å². The molecule has 0 saturated carbocycles. The second-order valence-electron chi connectivity index (χ2n) is 10.5. The molecule has 2 N–H and O–H groups in total. The lowest BCUT2D eigenvalue weighted by Crippen LogP contribution is -2.24. The van der Waals surface area contributed by atoms with Crippen LogP contribution in [0.1, 0.15) is 97.7 Å². The minimum absolute atomic E-state index is 0.208. The summed E-state index contributed by atoms with van der Waals surface area (Å²) in [6.07, 6.45) is 1.40. The molecule has 2 rings (SSSR count). The summed E-state index contributed by atoms with van der Waals surface area (Å²) in [7, 11) is 0. The molecule has 2 aromatic heterocycles. The number of aryl methyl sites for hydroxylation is 2. The molecule has 0 spiro atoms. The summed E-state index contributed by atoms with van der Waals surface area (Å²) in [6, 6.07) is 3.41. The lowest BCUT2D eigenvalue weighted by atomic mass is 10.1. The van der Waals surface area contributed by atoms with E-state index in [9.17, 15) is 19.2 Å². The summed E-state index contributed by atoms with van der Waals surface area (Å²) in [5.74, 6) is -1.42. The van der Waals surface area contributed by atoms with E-state index in [0.717, 1.165) is 9.75 Å². The monoisotopic (exact) mass is 536 g/mol. The van der Waals surface area contributed by atoms with Crippen molar-refractivity contribution in [2.24, 2.45) is 0 Å². The largest absolute Gasteiger partial charge is 0.456 e. The highest BCUT2D eigenvalue weighted by atomic mass is 32.1. The van der Waals surface area contributed by atoms with Gasteiger partial charge in [0.1, 0.15) is 21.2 Å². The molecule has 10 heteroatoms. The Kier molecular flexibility index (Phi) is 9.85. The van der Waals surface area contributed by atoms with Crippen LogP contribution >= 0.6 is 22.7 Å². The molecule has 0 aliphatic heterocycles. The van der Waals surface area contributed by atoms with Crippen molar-refractivity contribution in [1.82, 2.24) is 0 Å². The van der Waals surface area contributed by atoms with E-state index in [0.29, 0.717) is 34.0 Å². The molecular weight excluding hydrogens is 500 g/mol. The zero-order chi connectivity index (χ0) is 27.3. The number of anilines is 2. The van der Waals surface area contributed by atoms with E-state index in [1.807, 2.05) is 13.8 Å². The van der Waals surface area contributed by atoms with Gasteiger partial charge < -0.3 is 20.1 Å². The van der Waals surface area contributed by atoms with Crippen molar-refractivity contribution in [3.05, 3.63) is 33.0 Å². The van der Waals surface area contributed by atoms with Gasteiger partial charge >= 0.3 is 11.9 Å². The standard InChI is InChI=1S/C26H36N2O6S2/c1-15-13-17(23(31)33-25(3,4)5)21(35-15)27-19(29)11-9-10-12-20(30)28-22-18(14-16(2)36-22)24(32)34-26(6,7)8/h13-14H,9-12H2,1-8H3,(H,27,29)(H,28,30). The quantitative estimate of drug-likeness (QED) is 0.280.